The third kappa shape index (κ3) is 5.23. The van der Waals surface area contributed by atoms with E-state index < -0.39 is 0 Å². The number of esters is 1. The zero-order valence-corrected chi connectivity index (χ0v) is 20.8. The Labute approximate surface area is 197 Å². The number of ether oxygens (including phenoxy) is 1. The van der Waals surface area contributed by atoms with Crippen LogP contribution in [0.1, 0.15) is 77.0 Å². The molecule has 1 saturated carbocycles. The number of methoxy groups -OCH3 is 1. The lowest BCUT2D eigenvalue weighted by Crippen LogP contribution is -2.29. The first-order chi connectivity index (χ1) is 15.6. The third-order valence-corrected chi connectivity index (χ3v) is 6.89. The fourth-order valence-corrected chi connectivity index (χ4v) is 5.52. The van der Waals surface area contributed by atoms with Crippen molar-refractivity contribution in [3.05, 3.63) is 53.6 Å². The van der Waals surface area contributed by atoms with Gasteiger partial charge in [-0.2, -0.15) is 0 Å². The van der Waals surface area contributed by atoms with E-state index in [9.17, 15) is 4.79 Å². The van der Waals surface area contributed by atoms with Gasteiger partial charge in [0, 0.05) is 11.7 Å². The first-order valence-electron chi connectivity index (χ1n) is 12.1. The van der Waals surface area contributed by atoms with Crippen LogP contribution in [0.3, 0.4) is 0 Å². The Kier molecular flexibility index (Phi) is 6.51. The van der Waals surface area contributed by atoms with Gasteiger partial charge in [-0.05, 0) is 71.9 Å². The summed E-state index contributed by atoms with van der Waals surface area (Å²) in [6.07, 6.45) is 3.76. The molecule has 33 heavy (non-hydrogen) atoms. The second kappa shape index (κ2) is 9.20. The first kappa shape index (κ1) is 23.3. The van der Waals surface area contributed by atoms with Gasteiger partial charge in [-0.3, -0.25) is 4.79 Å². The molecule has 176 valence electrons. The molecule has 0 amide bonds. The number of imidazole rings is 1. The van der Waals surface area contributed by atoms with E-state index in [4.69, 9.17) is 9.72 Å². The van der Waals surface area contributed by atoms with E-state index in [0.717, 1.165) is 41.1 Å². The van der Waals surface area contributed by atoms with Crippen LogP contribution >= 0.6 is 0 Å². The monoisotopic (exact) mass is 447 g/mol. The molecule has 3 aromatic rings. The number of anilines is 2. The number of aromatic nitrogens is 2. The third-order valence-electron chi connectivity index (χ3n) is 6.89. The predicted molar refractivity (Wildman–Crippen MR) is 135 cm³/mol. The van der Waals surface area contributed by atoms with Gasteiger partial charge in [0.15, 0.2) is 0 Å². The highest BCUT2D eigenvalue weighted by molar-refractivity contribution is 5.82. The summed E-state index contributed by atoms with van der Waals surface area (Å²) in [5.74, 6) is 1.79. The molecule has 5 heteroatoms. The van der Waals surface area contributed by atoms with E-state index in [0.29, 0.717) is 23.3 Å². The smallest absolute Gasteiger partial charge is 0.309 e. The fraction of sp³-hybridized carbons (Fsp3) is 0.500. The molecule has 1 aromatic heterocycles. The highest BCUT2D eigenvalue weighted by atomic mass is 16.5. The summed E-state index contributed by atoms with van der Waals surface area (Å²) in [5.41, 5.74) is 5.59. The van der Waals surface area contributed by atoms with Crippen LogP contribution in [0.25, 0.3) is 11.0 Å². The van der Waals surface area contributed by atoms with Gasteiger partial charge >= 0.3 is 5.97 Å². The molecule has 5 nitrogen and oxygen atoms in total. The van der Waals surface area contributed by atoms with Crippen molar-refractivity contribution in [1.82, 2.24) is 9.55 Å². The van der Waals surface area contributed by atoms with Crippen molar-refractivity contribution in [3.63, 3.8) is 0 Å². The molecule has 4 rings (SSSR count). The number of nitrogens with one attached hydrogen (secondary N) is 1. The van der Waals surface area contributed by atoms with Gasteiger partial charge in [-0.1, -0.05) is 52.8 Å². The van der Waals surface area contributed by atoms with Gasteiger partial charge in [0.25, 0.3) is 0 Å². The fourth-order valence-electron chi connectivity index (χ4n) is 5.52. The molecule has 0 bridgehead atoms. The molecule has 0 aliphatic heterocycles. The van der Waals surface area contributed by atoms with Crippen LogP contribution in [-0.4, -0.2) is 22.6 Å². The lowest BCUT2D eigenvalue weighted by atomic mass is 9.70. The highest BCUT2D eigenvalue weighted by Gasteiger charge is 2.34. The van der Waals surface area contributed by atoms with Crippen molar-refractivity contribution in [2.24, 2.45) is 11.3 Å². The summed E-state index contributed by atoms with van der Waals surface area (Å²) < 4.78 is 7.25. The molecular formula is C28H37N3O2. The Balaban J connectivity index is 1.75. The number of carbonyl (C=O) groups excluding carboxylic acids is 1. The number of rotatable bonds is 6. The van der Waals surface area contributed by atoms with Gasteiger partial charge in [0.05, 0.1) is 24.6 Å². The number of hydrogen-bond donors (Lipinski definition) is 1. The Morgan fingerprint density at radius 1 is 1.18 bits per heavy atom. The summed E-state index contributed by atoms with van der Waals surface area (Å²) in [5, 5.41) is 3.60. The van der Waals surface area contributed by atoms with Gasteiger partial charge in [-0.25, -0.2) is 4.98 Å². The van der Waals surface area contributed by atoms with Crippen LogP contribution in [0, 0.1) is 11.3 Å². The van der Waals surface area contributed by atoms with Crippen LogP contribution in [0.15, 0.2) is 42.5 Å². The molecule has 1 fully saturated rings. The molecular weight excluding hydrogens is 410 g/mol. The Morgan fingerprint density at radius 2 is 1.91 bits per heavy atom. The average molecular weight is 448 g/mol. The summed E-state index contributed by atoms with van der Waals surface area (Å²) in [4.78, 5) is 16.8. The number of fused-ring (bicyclic) bond motifs is 1. The van der Waals surface area contributed by atoms with Crippen molar-refractivity contribution in [1.29, 1.82) is 0 Å². The van der Waals surface area contributed by atoms with E-state index in [1.54, 1.807) is 0 Å². The molecule has 1 aliphatic carbocycles. The van der Waals surface area contributed by atoms with Gasteiger partial charge < -0.3 is 14.6 Å². The van der Waals surface area contributed by atoms with Gasteiger partial charge in [-0.15, -0.1) is 0 Å². The van der Waals surface area contributed by atoms with Gasteiger partial charge in [0.2, 0.25) is 5.95 Å². The number of hydrogen-bond acceptors (Lipinski definition) is 4. The first-order valence-corrected chi connectivity index (χ1v) is 12.1. The Bertz CT molecular complexity index is 1130. The molecule has 2 unspecified atom stereocenters. The minimum atomic E-state index is -0.236. The number of nitrogens with zero attached hydrogens (tertiary/aromatic N) is 2. The summed E-state index contributed by atoms with van der Waals surface area (Å²) in [6, 6.07) is 15.2. The predicted octanol–water partition coefficient (Wildman–Crippen LogP) is 7.01. The quantitative estimate of drug-likeness (QED) is 0.413. The largest absolute Gasteiger partial charge is 0.469 e. The van der Waals surface area contributed by atoms with Crippen LogP contribution in [0.5, 0.6) is 0 Å². The summed E-state index contributed by atoms with van der Waals surface area (Å²) >= 11 is 0. The van der Waals surface area contributed by atoms with Gasteiger partial charge in [0.1, 0.15) is 0 Å². The summed E-state index contributed by atoms with van der Waals surface area (Å²) in [6.45, 7) is 11.5. The second-order valence-electron chi connectivity index (χ2n) is 10.9. The maximum atomic E-state index is 11.8. The van der Waals surface area contributed by atoms with Crippen molar-refractivity contribution in [2.75, 3.05) is 12.4 Å². The van der Waals surface area contributed by atoms with Crippen molar-refractivity contribution in [3.8, 4) is 0 Å². The van der Waals surface area contributed by atoms with Crippen LogP contribution in [-0.2, 0) is 16.0 Å². The average Bonchev–Trinajstić information content (AvgIpc) is 3.09. The Hall–Kier alpha value is -2.82. The molecule has 0 spiro atoms. The molecule has 0 saturated heterocycles. The van der Waals surface area contributed by atoms with E-state index in [-0.39, 0.29) is 12.4 Å². The molecule has 2 atom stereocenters. The molecule has 1 heterocycles. The zero-order valence-electron chi connectivity index (χ0n) is 20.8. The lowest BCUT2D eigenvalue weighted by molar-refractivity contribution is -0.139. The highest BCUT2D eigenvalue weighted by Crippen LogP contribution is 2.46. The second-order valence-corrected chi connectivity index (χ2v) is 10.9. The maximum Gasteiger partial charge on any atom is 0.309 e. The Morgan fingerprint density at radius 3 is 2.55 bits per heavy atom. The normalized spacial score (nSPS) is 20.2. The molecule has 2 aromatic carbocycles. The molecule has 1 aliphatic rings. The minimum absolute atomic E-state index is 0.236. The topological polar surface area (TPSA) is 56.1 Å². The van der Waals surface area contributed by atoms with E-state index >= 15 is 0 Å². The van der Waals surface area contributed by atoms with Crippen molar-refractivity contribution < 1.29 is 9.53 Å². The van der Waals surface area contributed by atoms with Crippen molar-refractivity contribution >= 4 is 28.6 Å². The zero-order chi connectivity index (χ0) is 23.8. The minimum Gasteiger partial charge on any atom is -0.469 e. The van der Waals surface area contributed by atoms with Crippen LogP contribution < -0.4 is 5.32 Å². The molecule has 1 N–H and O–H groups in total. The van der Waals surface area contributed by atoms with E-state index in [1.165, 1.54) is 19.1 Å². The maximum absolute atomic E-state index is 11.8. The van der Waals surface area contributed by atoms with E-state index in [1.807, 2.05) is 12.1 Å². The number of carbonyl (C=O) groups is 1. The molecule has 0 radical (unpaired) electrons. The van der Waals surface area contributed by atoms with Crippen LogP contribution in [0.2, 0.25) is 0 Å². The lowest BCUT2D eigenvalue weighted by Gasteiger charge is -2.40. The standard InChI is InChI=1S/C28H37N3O2/c1-18(2)21-8-10-22(11-9-21)29-27-30-24-14-20(15-26(32)33-6)7-12-25(24)31(27)23-13-19(3)16-28(4,5)17-23/h7-12,14,18-19,23H,13,15-17H2,1-6H3,(H,29,30). The van der Waals surface area contributed by atoms with E-state index in [2.05, 4.69) is 74.8 Å². The summed E-state index contributed by atoms with van der Waals surface area (Å²) in [7, 11) is 1.42. The number of benzene rings is 2. The van der Waals surface area contributed by atoms with Crippen LogP contribution in [0.4, 0.5) is 11.6 Å². The SMILES string of the molecule is COC(=O)Cc1ccc2c(c1)nc(Nc1ccc(C(C)C)cc1)n2C1CC(C)CC(C)(C)C1. The van der Waals surface area contributed by atoms with Crippen molar-refractivity contribution in [2.45, 2.75) is 72.3 Å².